The van der Waals surface area contributed by atoms with Crippen molar-refractivity contribution in [3.63, 3.8) is 0 Å². The van der Waals surface area contributed by atoms with Gasteiger partial charge in [-0.2, -0.15) is 0 Å². The molecule has 0 bridgehead atoms. The summed E-state index contributed by atoms with van der Waals surface area (Å²) in [5.41, 5.74) is 1.59. The number of nitrogens with one attached hydrogen (secondary N) is 1. The van der Waals surface area contributed by atoms with Gasteiger partial charge < -0.3 is 4.74 Å². The minimum absolute atomic E-state index is 0.189. The molecule has 0 unspecified atom stereocenters. The molecule has 5 heteroatoms. The van der Waals surface area contributed by atoms with E-state index in [1.54, 1.807) is 24.3 Å². The first-order chi connectivity index (χ1) is 13.2. The first-order valence-corrected chi connectivity index (χ1v) is 9.23. The molecule has 4 rings (SSSR count). The molecule has 0 aliphatic carbocycles. The average molecular weight is 372 g/mol. The van der Waals surface area contributed by atoms with Gasteiger partial charge in [-0.3, -0.25) is 15.1 Å². The SMILES string of the molecule is N=C1SC(=Cc2ccccc2)C(=O)N1c1ccc(Oc2ccccc2)cc1. The van der Waals surface area contributed by atoms with Crippen LogP contribution in [-0.2, 0) is 4.79 Å². The van der Waals surface area contributed by atoms with Crippen LogP contribution >= 0.6 is 11.8 Å². The summed E-state index contributed by atoms with van der Waals surface area (Å²) in [5.74, 6) is 1.24. The zero-order valence-electron chi connectivity index (χ0n) is 14.3. The summed E-state index contributed by atoms with van der Waals surface area (Å²) in [6.45, 7) is 0. The average Bonchev–Trinajstić information content (AvgIpc) is 2.97. The van der Waals surface area contributed by atoms with Crippen molar-refractivity contribution in [3.8, 4) is 11.5 Å². The standard InChI is InChI=1S/C22H16N2O2S/c23-22-24(21(25)20(27-22)15-16-7-3-1-4-8-16)17-11-13-19(14-12-17)26-18-9-5-2-6-10-18/h1-15,23H. The molecule has 0 radical (unpaired) electrons. The second-order valence-corrected chi connectivity index (χ2v) is 6.91. The first-order valence-electron chi connectivity index (χ1n) is 8.41. The quantitative estimate of drug-likeness (QED) is 0.612. The molecule has 1 saturated heterocycles. The number of ether oxygens (including phenoxy) is 1. The molecule has 1 amide bonds. The van der Waals surface area contributed by atoms with Gasteiger partial charge in [0.05, 0.1) is 10.6 Å². The van der Waals surface area contributed by atoms with Gasteiger partial charge in [0.1, 0.15) is 11.5 Å². The van der Waals surface area contributed by atoms with E-state index in [-0.39, 0.29) is 11.1 Å². The molecule has 0 atom stereocenters. The maximum Gasteiger partial charge on any atom is 0.271 e. The van der Waals surface area contributed by atoms with Crippen LogP contribution in [-0.4, -0.2) is 11.1 Å². The second kappa shape index (κ2) is 7.51. The summed E-state index contributed by atoms with van der Waals surface area (Å²) in [7, 11) is 0. The van der Waals surface area contributed by atoms with Gasteiger partial charge >= 0.3 is 0 Å². The Balaban J connectivity index is 1.54. The van der Waals surface area contributed by atoms with Crippen LogP contribution in [0.25, 0.3) is 6.08 Å². The number of amides is 1. The number of amidine groups is 1. The zero-order valence-corrected chi connectivity index (χ0v) is 15.1. The van der Waals surface area contributed by atoms with Crippen molar-refractivity contribution in [3.05, 3.63) is 95.4 Å². The maximum absolute atomic E-state index is 12.8. The monoisotopic (exact) mass is 372 g/mol. The molecule has 1 N–H and O–H groups in total. The molecule has 0 saturated carbocycles. The van der Waals surface area contributed by atoms with E-state index in [0.717, 1.165) is 11.3 Å². The highest BCUT2D eigenvalue weighted by Crippen LogP contribution is 2.36. The van der Waals surface area contributed by atoms with E-state index < -0.39 is 0 Å². The molecule has 3 aromatic rings. The molecular formula is C22H16N2O2S. The number of hydrogen-bond acceptors (Lipinski definition) is 4. The summed E-state index contributed by atoms with van der Waals surface area (Å²) in [4.78, 5) is 14.7. The van der Waals surface area contributed by atoms with Crippen LogP contribution in [0.15, 0.2) is 89.8 Å². The van der Waals surface area contributed by atoms with Crippen molar-refractivity contribution in [2.45, 2.75) is 0 Å². The maximum atomic E-state index is 12.8. The molecule has 1 fully saturated rings. The predicted molar refractivity (Wildman–Crippen MR) is 110 cm³/mol. The molecule has 1 aliphatic heterocycles. The van der Waals surface area contributed by atoms with Crippen LogP contribution in [0.5, 0.6) is 11.5 Å². The number of rotatable bonds is 4. The minimum atomic E-state index is -0.189. The third kappa shape index (κ3) is 3.78. The summed E-state index contributed by atoms with van der Waals surface area (Å²) < 4.78 is 5.78. The van der Waals surface area contributed by atoms with Crippen LogP contribution in [0.3, 0.4) is 0 Å². The van der Waals surface area contributed by atoms with Crippen molar-refractivity contribution in [2.24, 2.45) is 0 Å². The van der Waals surface area contributed by atoms with E-state index in [2.05, 4.69) is 0 Å². The summed E-state index contributed by atoms with van der Waals surface area (Å²) in [5, 5.41) is 8.39. The van der Waals surface area contributed by atoms with Gasteiger partial charge in [-0.05, 0) is 59.8 Å². The lowest BCUT2D eigenvalue weighted by molar-refractivity contribution is -0.113. The molecule has 3 aromatic carbocycles. The van der Waals surface area contributed by atoms with Crippen molar-refractivity contribution >= 4 is 34.6 Å². The Labute approximate surface area is 161 Å². The highest BCUT2D eigenvalue weighted by molar-refractivity contribution is 8.19. The molecule has 1 heterocycles. The Kier molecular flexibility index (Phi) is 4.77. The highest BCUT2D eigenvalue weighted by atomic mass is 32.2. The van der Waals surface area contributed by atoms with Crippen LogP contribution in [0.2, 0.25) is 0 Å². The van der Waals surface area contributed by atoms with Gasteiger partial charge in [0.15, 0.2) is 5.17 Å². The predicted octanol–water partition coefficient (Wildman–Crippen LogP) is 5.53. The van der Waals surface area contributed by atoms with Gasteiger partial charge in [0.25, 0.3) is 5.91 Å². The van der Waals surface area contributed by atoms with Crippen LogP contribution in [0.4, 0.5) is 5.69 Å². The van der Waals surface area contributed by atoms with Gasteiger partial charge in [-0.1, -0.05) is 48.5 Å². The van der Waals surface area contributed by atoms with Gasteiger partial charge in [-0.15, -0.1) is 0 Å². The van der Waals surface area contributed by atoms with E-state index in [0.29, 0.717) is 16.3 Å². The number of benzene rings is 3. The summed E-state index contributed by atoms with van der Waals surface area (Å²) in [6, 6.07) is 26.3. The van der Waals surface area contributed by atoms with Crippen molar-refractivity contribution in [2.75, 3.05) is 4.90 Å². The fourth-order valence-electron chi connectivity index (χ4n) is 2.71. The number of anilines is 1. The number of thioether (sulfide) groups is 1. The van der Waals surface area contributed by atoms with E-state index >= 15 is 0 Å². The Hall–Kier alpha value is -3.31. The van der Waals surface area contributed by atoms with Crippen molar-refractivity contribution < 1.29 is 9.53 Å². The van der Waals surface area contributed by atoms with Crippen LogP contribution in [0, 0.1) is 5.41 Å². The number of hydrogen-bond donors (Lipinski definition) is 1. The van der Waals surface area contributed by atoms with E-state index in [1.807, 2.05) is 66.7 Å². The number of para-hydroxylation sites is 1. The lowest BCUT2D eigenvalue weighted by Gasteiger charge is -2.15. The van der Waals surface area contributed by atoms with E-state index in [1.165, 1.54) is 16.7 Å². The number of carbonyl (C=O) groups is 1. The molecule has 27 heavy (non-hydrogen) atoms. The topological polar surface area (TPSA) is 53.4 Å². The lowest BCUT2D eigenvalue weighted by atomic mass is 10.2. The Morgan fingerprint density at radius 1 is 0.815 bits per heavy atom. The van der Waals surface area contributed by atoms with Crippen molar-refractivity contribution in [1.29, 1.82) is 5.41 Å². The molecule has 0 spiro atoms. The van der Waals surface area contributed by atoms with Crippen LogP contribution in [0.1, 0.15) is 5.56 Å². The fourth-order valence-corrected chi connectivity index (χ4v) is 3.57. The Morgan fingerprint density at radius 3 is 2.07 bits per heavy atom. The smallest absolute Gasteiger partial charge is 0.271 e. The number of carbonyl (C=O) groups excluding carboxylic acids is 1. The van der Waals surface area contributed by atoms with E-state index in [4.69, 9.17) is 10.1 Å². The number of nitrogens with zero attached hydrogens (tertiary/aromatic N) is 1. The molecule has 1 aliphatic rings. The minimum Gasteiger partial charge on any atom is -0.457 e. The second-order valence-electron chi connectivity index (χ2n) is 5.88. The van der Waals surface area contributed by atoms with Crippen molar-refractivity contribution in [1.82, 2.24) is 0 Å². The van der Waals surface area contributed by atoms with Crippen LogP contribution < -0.4 is 9.64 Å². The van der Waals surface area contributed by atoms with Gasteiger partial charge in [0, 0.05) is 0 Å². The third-order valence-electron chi connectivity index (χ3n) is 3.99. The fraction of sp³-hybridized carbons (Fsp3) is 0. The lowest BCUT2D eigenvalue weighted by Crippen LogP contribution is -2.27. The van der Waals surface area contributed by atoms with Gasteiger partial charge in [0.2, 0.25) is 0 Å². The molecule has 4 nitrogen and oxygen atoms in total. The Morgan fingerprint density at radius 2 is 1.41 bits per heavy atom. The molecular weight excluding hydrogens is 356 g/mol. The third-order valence-corrected chi connectivity index (χ3v) is 4.88. The molecule has 132 valence electrons. The summed E-state index contributed by atoms with van der Waals surface area (Å²) in [6.07, 6.45) is 1.81. The Bertz CT molecular complexity index is 1000. The van der Waals surface area contributed by atoms with E-state index in [9.17, 15) is 4.79 Å². The first kappa shape index (κ1) is 17.1. The normalized spacial score (nSPS) is 15.4. The molecule has 0 aromatic heterocycles. The highest BCUT2D eigenvalue weighted by Gasteiger charge is 2.33. The largest absolute Gasteiger partial charge is 0.457 e. The zero-order chi connectivity index (χ0) is 18.6. The van der Waals surface area contributed by atoms with Gasteiger partial charge in [-0.25, -0.2) is 0 Å². The summed E-state index contributed by atoms with van der Waals surface area (Å²) >= 11 is 1.17.